The van der Waals surface area contributed by atoms with Crippen molar-refractivity contribution in [3.63, 3.8) is 0 Å². The van der Waals surface area contributed by atoms with E-state index in [4.69, 9.17) is 5.10 Å². The van der Waals surface area contributed by atoms with E-state index < -0.39 is 0 Å². The predicted molar refractivity (Wildman–Crippen MR) is 122 cm³/mol. The quantitative estimate of drug-likeness (QED) is 0.501. The molecule has 4 heterocycles. The SMILES string of the molecule is C(=NN=C(c1ccccc1)C12CN3CN(CN(C3)C1)C2)c1cccc2ccccc12. The van der Waals surface area contributed by atoms with E-state index in [9.17, 15) is 0 Å². The third kappa shape index (κ3) is 3.06. The topological polar surface area (TPSA) is 34.4 Å². The molecule has 0 aromatic heterocycles. The number of hydrogen-bond donors (Lipinski definition) is 0. The second-order valence-corrected chi connectivity index (χ2v) is 8.82. The minimum absolute atomic E-state index is 0.00615. The minimum Gasteiger partial charge on any atom is -0.276 e. The van der Waals surface area contributed by atoms with Gasteiger partial charge in [-0.15, -0.1) is 0 Å². The summed E-state index contributed by atoms with van der Waals surface area (Å²) in [5.74, 6) is 0. The van der Waals surface area contributed by atoms with Gasteiger partial charge in [-0.25, -0.2) is 0 Å². The highest BCUT2D eigenvalue weighted by molar-refractivity contribution is 6.06. The van der Waals surface area contributed by atoms with Gasteiger partial charge in [-0.05, 0) is 16.3 Å². The van der Waals surface area contributed by atoms with Gasteiger partial charge in [0.2, 0.25) is 0 Å². The van der Waals surface area contributed by atoms with Crippen LogP contribution in [0.5, 0.6) is 0 Å². The van der Waals surface area contributed by atoms with Gasteiger partial charge < -0.3 is 0 Å². The molecule has 0 unspecified atom stereocenters. The molecule has 0 N–H and O–H groups in total. The summed E-state index contributed by atoms with van der Waals surface area (Å²) in [6.07, 6.45) is 1.91. The summed E-state index contributed by atoms with van der Waals surface area (Å²) in [6.45, 7) is 6.37. The maximum atomic E-state index is 4.89. The molecule has 4 aliphatic heterocycles. The minimum atomic E-state index is 0.00615. The van der Waals surface area contributed by atoms with E-state index >= 15 is 0 Å². The molecular weight excluding hydrogens is 370 g/mol. The molecular formula is C25H25N5. The first-order valence-corrected chi connectivity index (χ1v) is 10.6. The normalized spacial score (nSPS) is 30.4. The summed E-state index contributed by atoms with van der Waals surface area (Å²) in [5.41, 5.74) is 3.40. The third-order valence-electron chi connectivity index (χ3n) is 6.51. The van der Waals surface area contributed by atoms with Crippen molar-refractivity contribution in [2.45, 2.75) is 0 Å². The lowest BCUT2D eigenvalue weighted by molar-refractivity contribution is -0.149. The molecule has 0 spiro atoms. The van der Waals surface area contributed by atoms with E-state index in [2.05, 4.69) is 92.6 Å². The Hall–Kier alpha value is -2.86. The highest BCUT2D eigenvalue weighted by Crippen LogP contribution is 2.38. The molecule has 3 aromatic rings. The number of hydrogen-bond acceptors (Lipinski definition) is 5. The van der Waals surface area contributed by atoms with E-state index in [0.717, 1.165) is 50.9 Å². The molecule has 0 radical (unpaired) electrons. The van der Waals surface area contributed by atoms with Gasteiger partial charge in [0.15, 0.2) is 0 Å². The van der Waals surface area contributed by atoms with Crippen LogP contribution < -0.4 is 0 Å². The van der Waals surface area contributed by atoms with Crippen molar-refractivity contribution in [3.8, 4) is 0 Å². The average Bonchev–Trinajstić information content (AvgIpc) is 2.76. The fourth-order valence-electron chi connectivity index (χ4n) is 5.52. The average molecular weight is 396 g/mol. The lowest BCUT2D eigenvalue weighted by Gasteiger charge is -2.60. The lowest BCUT2D eigenvalue weighted by atomic mass is 9.74. The van der Waals surface area contributed by atoms with Crippen molar-refractivity contribution in [2.75, 3.05) is 39.6 Å². The maximum Gasteiger partial charge on any atom is 0.0802 e. The number of nitrogens with zero attached hydrogens (tertiary/aromatic N) is 5. The Kier molecular flexibility index (Phi) is 4.27. The molecule has 0 atom stereocenters. The first kappa shape index (κ1) is 18.0. The Balaban J connectivity index is 1.41. The molecule has 4 bridgehead atoms. The lowest BCUT2D eigenvalue weighted by Crippen LogP contribution is -2.74. The molecule has 5 nitrogen and oxygen atoms in total. The Bertz CT molecular complexity index is 1090. The van der Waals surface area contributed by atoms with E-state index in [1.807, 2.05) is 6.21 Å². The third-order valence-corrected chi connectivity index (χ3v) is 6.51. The molecule has 3 aromatic carbocycles. The smallest absolute Gasteiger partial charge is 0.0802 e. The molecule has 7 rings (SSSR count). The van der Waals surface area contributed by atoms with Crippen LogP contribution in [-0.4, -0.2) is 66.3 Å². The van der Waals surface area contributed by atoms with E-state index in [1.165, 1.54) is 16.3 Å². The van der Waals surface area contributed by atoms with Crippen LogP contribution in [0.4, 0.5) is 0 Å². The first-order valence-electron chi connectivity index (χ1n) is 10.6. The Labute approximate surface area is 176 Å². The molecule has 4 aliphatic rings. The first-order chi connectivity index (χ1) is 14.8. The van der Waals surface area contributed by atoms with Crippen molar-refractivity contribution in [2.24, 2.45) is 15.6 Å². The molecule has 0 saturated carbocycles. The molecule has 4 saturated heterocycles. The van der Waals surface area contributed by atoms with Crippen LogP contribution >= 0.6 is 0 Å². The zero-order valence-corrected chi connectivity index (χ0v) is 17.0. The Morgan fingerprint density at radius 1 is 0.733 bits per heavy atom. The predicted octanol–water partition coefficient (Wildman–Crippen LogP) is 3.47. The zero-order valence-electron chi connectivity index (χ0n) is 17.0. The number of benzene rings is 3. The summed E-state index contributed by atoms with van der Waals surface area (Å²) < 4.78 is 0. The summed E-state index contributed by atoms with van der Waals surface area (Å²) in [7, 11) is 0. The van der Waals surface area contributed by atoms with Gasteiger partial charge in [0.05, 0.1) is 37.3 Å². The second-order valence-electron chi connectivity index (χ2n) is 8.82. The molecule has 150 valence electrons. The summed E-state index contributed by atoms with van der Waals surface area (Å²) in [4.78, 5) is 7.59. The van der Waals surface area contributed by atoms with Crippen molar-refractivity contribution in [1.82, 2.24) is 14.7 Å². The summed E-state index contributed by atoms with van der Waals surface area (Å²) >= 11 is 0. The molecule has 30 heavy (non-hydrogen) atoms. The van der Waals surface area contributed by atoms with E-state index in [1.54, 1.807) is 0 Å². The van der Waals surface area contributed by atoms with Gasteiger partial charge in [0.25, 0.3) is 0 Å². The number of rotatable bonds is 4. The van der Waals surface area contributed by atoms with Crippen LogP contribution in [0, 0.1) is 5.41 Å². The van der Waals surface area contributed by atoms with E-state index in [-0.39, 0.29) is 5.41 Å². The van der Waals surface area contributed by atoms with E-state index in [0.29, 0.717) is 0 Å². The van der Waals surface area contributed by atoms with Gasteiger partial charge in [-0.3, -0.25) is 14.7 Å². The second kappa shape index (κ2) is 7.13. The van der Waals surface area contributed by atoms with Gasteiger partial charge >= 0.3 is 0 Å². The summed E-state index contributed by atoms with van der Waals surface area (Å²) in [5, 5.41) is 12.0. The van der Waals surface area contributed by atoms with Crippen LogP contribution in [0.1, 0.15) is 11.1 Å². The van der Waals surface area contributed by atoms with Gasteiger partial charge in [-0.2, -0.15) is 10.2 Å². The van der Waals surface area contributed by atoms with Crippen LogP contribution in [0.3, 0.4) is 0 Å². The van der Waals surface area contributed by atoms with Crippen LogP contribution in [0.2, 0.25) is 0 Å². The van der Waals surface area contributed by atoms with Crippen LogP contribution in [-0.2, 0) is 0 Å². The number of fused-ring (bicyclic) bond motifs is 1. The molecule has 0 amide bonds. The molecule has 5 heteroatoms. The maximum absolute atomic E-state index is 4.89. The summed E-state index contributed by atoms with van der Waals surface area (Å²) in [6, 6.07) is 25.4. The van der Waals surface area contributed by atoms with Crippen LogP contribution in [0.15, 0.2) is 83.0 Å². The van der Waals surface area contributed by atoms with Crippen molar-refractivity contribution < 1.29 is 0 Å². The fraction of sp³-hybridized carbons (Fsp3) is 0.280. The molecule has 4 fully saturated rings. The Morgan fingerprint density at radius 3 is 2.10 bits per heavy atom. The van der Waals surface area contributed by atoms with Gasteiger partial charge in [-0.1, -0.05) is 72.8 Å². The highest BCUT2D eigenvalue weighted by Gasteiger charge is 2.51. The highest BCUT2D eigenvalue weighted by atomic mass is 15.5. The van der Waals surface area contributed by atoms with Crippen molar-refractivity contribution in [3.05, 3.63) is 83.9 Å². The largest absolute Gasteiger partial charge is 0.276 e. The van der Waals surface area contributed by atoms with Crippen molar-refractivity contribution >= 4 is 22.7 Å². The van der Waals surface area contributed by atoms with Gasteiger partial charge in [0.1, 0.15) is 0 Å². The van der Waals surface area contributed by atoms with Crippen LogP contribution in [0.25, 0.3) is 10.8 Å². The molecule has 0 aliphatic carbocycles. The Morgan fingerprint density at radius 2 is 1.37 bits per heavy atom. The van der Waals surface area contributed by atoms with Gasteiger partial charge in [0, 0.05) is 25.2 Å². The van der Waals surface area contributed by atoms with Crippen molar-refractivity contribution in [1.29, 1.82) is 0 Å². The monoisotopic (exact) mass is 395 g/mol. The fourth-order valence-corrected chi connectivity index (χ4v) is 5.52. The zero-order chi connectivity index (χ0) is 20.0. The standard InChI is InChI=1S/C25H25N5/c1-2-8-21(9-3-1)24(25-14-28-17-29(15-25)19-30(16-25)18-28)27-26-13-22-11-6-10-20-7-4-5-12-23(20)22/h1-13H,14-19H2.